The molecule has 0 unspecified atom stereocenters. The van der Waals surface area contributed by atoms with E-state index < -0.39 is 0 Å². The zero-order chi connectivity index (χ0) is 24.8. The molecule has 3 N–H and O–H groups in total. The van der Waals surface area contributed by atoms with Gasteiger partial charge < -0.3 is 15.1 Å². The van der Waals surface area contributed by atoms with E-state index in [2.05, 4.69) is 25.8 Å². The Kier molecular flexibility index (Phi) is 7.40. The van der Waals surface area contributed by atoms with Gasteiger partial charge in [0.15, 0.2) is 0 Å². The van der Waals surface area contributed by atoms with E-state index in [4.69, 9.17) is 4.42 Å². The van der Waals surface area contributed by atoms with E-state index >= 15 is 0 Å². The number of nitrogens with one attached hydrogen (secondary N) is 3. The maximum Gasteiger partial charge on any atom is 0.288 e. The van der Waals surface area contributed by atoms with Crippen LogP contribution in [0.2, 0.25) is 0 Å². The first kappa shape index (κ1) is 23.9. The molecule has 0 fully saturated rings. The van der Waals surface area contributed by atoms with Crippen molar-refractivity contribution in [2.75, 3.05) is 0 Å². The number of H-pyrrole nitrogens is 1. The summed E-state index contributed by atoms with van der Waals surface area (Å²) < 4.78 is 5.73. The molecule has 2 aromatic heterocycles. The third kappa shape index (κ3) is 5.66. The van der Waals surface area contributed by atoms with Crippen LogP contribution in [-0.4, -0.2) is 33.0 Å². The fourth-order valence-corrected chi connectivity index (χ4v) is 3.76. The number of nitrogens with zero attached hydrogens (tertiary/aromatic N) is 2. The molecule has 4 aromatic rings. The van der Waals surface area contributed by atoms with E-state index in [1.54, 1.807) is 6.07 Å². The van der Waals surface area contributed by atoms with Crippen molar-refractivity contribution in [1.82, 2.24) is 25.8 Å². The van der Waals surface area contributed by atoms with Crippen molar-refractivity contribution >= 4 is 11.8 Å². The van der Waals surface area contributed by atoms with Gasteiger partial charge in [-0.2, -0.15) is 5.10 Å². The lowest BCUT2D eigenvalue weighted by Gasteiger charge is -2.13. The molecule has 0 aliphatic rings. The number of aromatic amines is 1. The van der Waals surface area contributed by atoms with Gasteiger partial charge in [0.2, 0.25) is 11.7 Å². The molecule has 1 atom stereocenters. The number of hydrogen-bond acceptors (Lipinski definition) is 5. The summed E-state index contributed by atoms with van der Waals surface area (Å²) in [5.41, 5.74) is 3.49. The van der Waals surface area contributed by atoms with Crippen LogP contribution in [0.25, 0.3) is 22.7 Å². The molecule has 4 rings (SSSR count). The van der Waals surface area contributed by atoms with E-state index in [0.717, 1.165) is 24.0 Å². The van der Waals surface area contributed by atoms with Crippen molar-refractivity contribution in [1.29, 1.82) is 0 Å². The molecule has 2 heterocycles. The average Bonchev–Trinajstić information content (AvgIpc) is 3.58. The van der Waals surface area contributed by atoms with E-state index in [9.17, 15) is 9.59 Å². The highest BCUT2D eigenvalue weighted by molar-refractivity contribution is 5.94. The smallest absolute Gasteiger partial charge is 0.288 e. The predicted octanol–water partition coefficient (Wildman–Crippen LogP) is 5.14. The summed E-state index contributed by atoms with van der Waals surface area (Å²) in [5.74, 6) is -0.00586. The number of carbonyl (C=O) groups is 2. The number of benzene rings is 2. The van der Waals surface area contributed by atoms with Crippen LogP contribution in [0, 0.1) is 0 Å². The normalized spacial score (nSPS) is 11.9. The minimum absolute atomic E-state index is 0.0983. The Morgan fingerprint density at radius 3 is 2.43 bits per heavy atom. The third-order valence-corrected chi connectivity index (χ3v) is 5.93. The van der Waals surface area contributed by atoms with Gasteiger partial charge in [-0.05, 0) is 43.5 Å². The van der Waals surface area contributed by atoms with Crippen molar-refractivity contribution in [2.45, 2.75) is 45.7 Å². The van der Waals surface area contributed by atoms with E-state index in [1.165, 1.54) is 6.20 Å². The van der Waals surface area contributed by atoms with Crippen molar-refractivity contribution < 1.29 is 14.0 Å². The summed E-state index contributed by atoms with van der Waals surface area (Å²) in [4.78, 5) is 29.4. The van der Waals surface area contributed by atoms with Gasteiger partial charge in [0.1, 0.15) is 5.69 Å². The van der Waals surface area contributed by atoms with Gasteiger partial charge >= 0.3 is 0 Å². The summed E-state index contributed by atoms with van der Waals surface area (Å²) in [6.07, 6.45) is 3.13. The SMILES string of the molecule is CCC(CC)NC(=O)c1cnc(-c2cccc(-c3cc(C(=O)N[C@H](C)c4ccccc4)[nH]n3)c2)o1. The Morgan fingerprint density at radius 1 is 0.943 bits per heavy atom. The maximum atomic E-state index is 12.7. The van der Waals surface area contributed by atoms with E-state index in [1.807, 2.05) is 75.4 Å². The van der Waals surface area contributed by atoms with Gasteiger partial charge in [-0.1, -0.05) is 56.3 Å². The Labute approximate surface area is 204 Å². The summed E-state index contributed by atoms with van der Waals surface area (Å²) in [5, 5.41) is 13.0. The first-order valence-corrected chi connectivity index (χ1v) is 11.8. The zero-order valence-corrected chi connectivity index (χ0v) is 20.0. The van der Waals surface area contributed by atoms with Crippen LogP contribution in [0.3, 0.4) is 0 Å². The molecule has 0 radical (unpaired) electrons. The second-order valence-electron chi connectivity index (χ2n) is 8.37. The molecule has 2 aromatic carbocycles. The summed E-state index contributed by atoms with van der Waals surface area (Å²) in [7, 11) is 0. The quantitative estimate of drug-likeness (QED) is 0.313. The largest absolute Gasteiger partial charge is 0.431 e. The summed E-state index contributed by atoms with van der Waals surface area (Å²) in [6, 6.07) is 18.9. The molecule has 2 amide bonds. The van der Waals surface area contributed by atoms with Gasteiger partial charge in [0, 0.05) is 17.2 Å². The number of carbonyl (C=O) groups excluding carboxylic acids is 2. The lowest BCUT2D eigenvalue weighted by molar-refractivity contribution is 0.0905. The molecule has 0 saturated carbocycles. The van der Waals surface area contributed by atoms with E-state index in [0.29, 0.717) is 22.8 Å². The minimum atomic E-state index is -0.277. The fraction of sp³-hybridized carbons (Fsp3) is 0.259. The van der Waals surface area contributed by atoms with Crippen molar-refractivity contribution in [3.05, 3.63) is 83.9 Å². The maximum absolute atomic E-state index is 12.7. The Balaban J connectivity index is 1.47. The molecule has 0 aliphatic heterocycles. The molecule has 8 heteroatoms. The predicted molar refractivity (Wildman–Crippen MR) is 134 cm³/mol. The first-order chi connectivity index (χ1) is 17.0. The van der Waals surface area contributed by atoms with Gasteiger partial charge in [0.25, 0.3) is 11.8 Å². The molecular formula is C27H29N5O3. The number of aromatic nitrogens is 3. The minimum Gasteiger partial charge on any atom is -0.431 e. The highest BCUT2D eigenvalue weighted by Gasteiger charge is 2.18. The molecule has 0 saturated heterocycles. The van der Waals surface area contributed by atoms with Crippen LogP contribution in [0.1, 0.15) is 66.3 Å². The Hall–Kier alpha value is -4.20. The highest BCUT2D eigenvalue weighted by atomic mass is 16.4. The van der Waals surface area contributed by atoms with Gasteiger partial charge in [0.05, 0.1) is 17.9 Å². The molecule has 0 aliphatic carbocycles. The highest BCUT2D eigenvalue weighted by Crippen LogP contribution is 2.26. The standard InChI is InChI=1S/C27H29N5O3/c1-4-21(5-2)30-26(34)24-16-28-27(35-24)20-13-9-12-19(14-20)22-15-23(32-31-22)25(33)29-17(3)18-10-7-6-8-11-18/h6-17,21H,4-5H2,1-3H3,(H,29,33)(H,30,34)(H,31,32)/t17-/m1/s1. The molecule has 0 bridgehead atoms. The Morgan fingerprint density at radius 2 is 1.69 bits per heavy atom. The monoisotopic (exact) mass is 471 g/mol. The zero-order valence-electron chi connectivity index (χ0n) is 20.0. The molecule has 35 heavy (non-hydrogen) atoms. The number of rotatable bonds is 9. The number of hydrogen-bond donors (Lipinski definition) is 3. The first-order valence-electron chi connectivity index (χ1n) is 11.8. The van der Waals surface area contributed by atoms with Crippen LogP contribution in [0.15, 0.2) is 71.3 Å². The number of amides is 2. The lowest BCUT2D eigenvalue weighted by Crippen LogP contribution is -2.33. The topological polar surface area (TPSA) is 113 Å². The third-order valence-electron chi connectivity index (χ3n) is 5.93. The van der Waals surface area contributed by atoms with Crippen LogP contribution >= 0.6 is 0 Å². The van der Waals surface area contributed by atoms with Crippen LogP contribution in [0.5, 0.6) is 0 Å². The van der Waals surface area contributed by atoms with Crippen molar-refractivity contribution in [3.63, 3.8) is 0 Å². The van der Waals surface area contributed by atoms with Gasteiger partial charge in [-0.3, -0.25) is 14.7 Å². The van der Waals surface area contributed by atoms with Crippen LogP contribution in [0.4, 0.5) is 0 Å². The number of oxazole rings is 1. The summed E-state index contributed by atoms with van der Waals surface area (Å²) in [6.45, 7) is 5.99. The fourth-order valence-electron chi connectivity index (χ4n) is 3.76. The van der Waals surface area contributed by atoms with E-state index in [-0.39, 0.29) is 29.7 Å². The van der Waals surface area contributed by atoms with Crippen molar-refractivity contribution in [2.24, 2.45) is 0 Å². The molecule has 0 spiro atoms. The van der Waals surface area contributed by atoms with Crippen molar-refractivity contribution in [3.8, 4) is 22.7 Å². The lowest BCUT2D eigenvalue weighted by atomic mass is 10.1. The van der Waals surface area contributed by atoms with Gasteiger partial charge in [-0.25, -0.2) is 4.98 Å². The van der Waals surface area contributed by atoms with Gasteiger partial charge in [-0.15, -0.1) is 0 Å². The molecular weight excluding hydrogens is 442 g/mol. The van der Waals surface area contributed by atoms with Crippen LogP contribution < -0.4 is 10.6 Å². The Bertz CT molecular complexity index is 1290. The second kappa shape index (κ2) is 10.8. The average molecular weight is 472 g/mol. The second-order valence-corrected chi connectivity index (χ2v) is 8.37. The summed E-state index contributed by atoms with van der Waals surface area (Å²) >= 11 is 0. The molecule has 180 valence electrons. The molecule has 8 nitrogen and oxygen atoms in total. The van der Waals surface area contributed by atoms with Crippen LogP contribution in [-0.2, 0) is 0 Å².